The highest BCUT2D eigenvalue weighted by Crippen LogP contribution is 2.30. The Morgan fingerprint density at radius 1 is 0.278 bits per heavy atom. The lowest BCUT2D eigenvalue weighted by Crippen LogP contribution is -2.02. The Morgan fingerprint density at radius 3 is 0.630 bits per heavy atom. The van der Waals surface area contributed by atoms with E-state index in [1.807, 2.05) is 0 Å². The summed E-state index contributed by atoms with van der Waals surface area (Å²) in [5.41, 5.74) is 4.72. The molecule has 0 saturated heterocycles. The van der Waals surface area contributed by atoms with Crippen LogP contribution in [0.15, 0.2) is 24.3 Å². The summed E-state index contributed by atoms with van der Waals surface area (Å²) in [4.78, 5) is 0. The maximum absolute atomic E-state index is 6.00. The zero-order valence-corrected chi connectivity index (χ0v) is 38.2. The number of hydrogen-bond donors (Lipinski definition) is 0. The Bertz CT molecular complexity index is 947. The molecule has 6 heteroatoms. The first-order valence-electron chi connectivity index (χ1n) is 22.1. The van der Waals surface area contributed by atoms with Crippen molar-refractivity contribution in [3.8, 4) is 23.0 Å². The van der Waals surface area contributed by atoms with E-state index in [1.54, 1.807) is 0 Å². The van der Waals surface area contributed by atoms with Crippen LogP contribution in [0, 0.1) is 27.7 Å². The lowest BCUT2D eigenvalue weighted by molar-refractivity contribution is 0.293. The van der Waals surface area contributed by atoms with Crippen LogP contribution in [-0.2, 0) is 0 Å². The molecule has 0 aliphatic carbocycles. The van der Waals surface area contributed by atoms with Crippen molar-refractivity contribution in [1.82, 2.24) is 0 Å². The molecule has 0 N–H and O–H groups in total. The number of aryl methyl sites for hydroxylation is 4. The molecule has 0 atom stereocenters. The van der Waals surface area contributed by atoms with Crippen LogP contribution in [0.3, 0.4) is 0 Å². The van der Waals surface area contributed by atoms with Crippen molar-refractivity contribution in [2.24, 2.45) is 0 Å². The van der Waals surface area contributed by atoms with Crippen LogP contribution in [-0.4, -0.2) is 26.4 Å². The van der Waals surface area contributed by atoms with Crippen LogP contribution < -0.4 is 18.9 Å². The minimum absolute atomic E-state index is 0. The number of halogens is 2. The van der Waals surface area contributed by atoms with E-state index in [9.17, 15) is 0 Å². The monoisotopic (exact) mass is 797 g/mol. The standard InChI is InChI=1S/2C24H42O2.2ClH/c2*1-5-7-9-11-13-15-17-25-23-19-22(4)24(20-21(23)3)26-18-16-14-12-10-8-6-2;;/h2*19-20H,5-18H2,1-4H3;2*1H. The smallest absolute Gasteiger partial charge is 0.122 e. The van der Waals surface area contributed by atoms with Gasteiger partial charge in [0.05, 0.1) is 26.4 Å². The Morgan fingerprint density at radius 2 is 0.444 bits per heavy atom. The third-order valence-corrected chi connectivity index (χ3v) is 9.97. The van der Waals surface area contributed by atoms with Crippen LogP contribution in [0.5, 0.6) is 23.0 Å². The largest absolute Gasteiger partial charge is 0.493 e. The molecule has 316 valence electrons. The molecule has 0 aliphatic heterocycles. The highest BCUT2D eigenvalue weighted by molar-refractivity contribution is 5.85. The fourth-order valence-electron chi connectivity index (χ4n) is 6.41. The zero-order valence-electron chi connectivity index (χ0n) is 36.6. The van der Waals surface area contributed by atoms with Gasteiger partial charge in [0.1, 0.15) is 23.0 Å². The Balaban J connectivity index is 0. The van der Waals surface area contributed by atoms with Crippen LogP contribution in [0.1, 0.15) is 204 Å². The minimum Gasteiger partial charge on any atom is -0.493 e. The van der Waals surface area contributed by atoms with Gasteiger partial charge < -0.3 is 18.9 Å². The van der Waals surface area contributed by atoms with Gasteiger partial charge in [-0.2, -0.15) is 0 Å². The average Bonchev–Trinajstić information content (AvgIpc) is 3.13. The summed E-state index contributed by atoms with van der Waals surface area (Å²) in [7, 11) is 0. The second-order valence-corrected chi connectivity index (χ2v) is 15.2. The van der Waals surface area contributed by atoms with E-state index >= 15 is 0 Å². The lowest BCUT2D eigenvalue weighted by Gasteiger charge is -2.14. The molecule has 0 aromatic heterocycles. The number of ether oxygens (including phenoxy) is 4. The van der Waals surface area contributed by atoms with Crippen LogP contribution in [0.4, 0.5) is 0 Å². The SMILES string of the molecule is CCCCCCCCOc1cc(C)c(OCCCCCCCC)cc1C.CCCCCCCCOc1cc(C)c(OCCCCCCCC)cc1C.Cl.Cl. The number of hydrogen-bond acceptors (Lipinski definition) is 4. The van der Waals surface area contributed by atoms with Crippen molar-refractivity contribution in [2.45, 2.75) is 209 Å². The fraction of sp³-hybridized carbons (Fsp3) is 0.750. The molecule has 0 spiro atoms. The van der Waals surface area contributed by atoms with E-state index < -0.39 is 0 Å². The van der Waals surface area contributed by atoms with Crippen molar-refractivity contribution >= 4 is 24.8 Å². The van der Waals surface area contributed by atoms with Gasteiger partial charge in [0.2, 0.25) is 0 Å². The second kappa shape index (κ2) is 38.1. The summed E-state index contributed by atoms with van der Waals surface area (Å²) < 4.78 is 24.0. The molecule has 0 amide bonds. The van der Waals surface area contributed by atoms with Gasteiger partial charge in [-0.25, -0.2) is 0 Å². The molecule has 0 radical (unpaired) electrons. The summed E-state index contributed by atoms with van der Waals surface area (Å²) in [6.07, 6.45) is 31.2. The lowest BCUT2D eigenvalue weighted by atomic mass is 10.1. The first-order chi connectivity index (χ1) is 25.4. The third kappa shape index (κ3) is 27.7. The number of rotatable bonds is 32. The second-order valence-electron chi connectivity index (χ2n) is 15.2. The molecule has 0 aliphatic rings. The van der Waals surface area contributed by atoms with Gasteiger partial charge in [-0.15, -0.1) is 24.8 Å². The van der Waals surface area contributed by atoms with E-state index in [0.717, 1.165) is 75.1 Å². The quantitative estimate of drug-likeness (QED) is 0.0691. The van der Waals surface area contributed by atoms with Gasteiger partial charge in [-0.3, -0.25) is 0 Å². The van der Waals surface area contributed by atoms with E-state index in [1.165, 1.54) is 151 Å². The van der Waals surface area contributed by atoms with Gasteiger partial charge >= 0.3 is 0 Å². The number of unbranched alkanes of at least 4 members (excludes halogenated alkanes) is 20. The molecule has 0 saturated carbocycles. The van der Waals surface area contributed by atoms with E-state index in [-0.39, 0.29) is 24.8 Å². The van der Waals surface area contributed by atoms with Crippen molar-refractivity contribution in [1.29, 1.82) is 0 Å². The summed E-state index contributed by atoms with van der Waals surface area (Å²) in [6.45, 7) is 20.8. The molecule has 4 nitrogen and oxygen atoms in total. The first-order valence-corrected chi connectivity index (χ1v) is 22.1. The molecule has 0 heterocycles. The predicted molar refractivity (Wildman–Crippen MR) is 242 cm³/mol. The molecule has 0 unspecified atom stereocenters. The average molecular weight is 798 g/mol. The topological polar surface area (TPSA) is 36.9 Å². The van der Waals surface area contributed by atoms with Gasteiger partial charge in [-0.1, -0.05) is 156 Å². The summed E-state index contributed by atoms with van der Waals surface area (Å²) in [5.74, 6) is 4.07. The molecular formula is C48H86Cl2O4. The maximum Gasteiger partial charge on any atom is 0.122 e. The molecule has 0 fully saturated rings. The zero-order chi connectivity index (χ0) is 38.1. The Kier molecular flexibility index (Phi) is 38.3. The van der Waals surface area contributed by atoms with E-state index in [2.05, 4.69) is 79.7 Å². The van der Waals surface area contributed by atoms with Gasteiger partial charge in [-0.05, 0) is 99.9 Å². The van der Waals surface area contributed by atoms with Crippen molar-refractivity contribution < 1.29 is 18.9 Å². The molecule has 2 aromatic carbocycles. The van der Waals surface area contributed by atoms with Crippen LogP contribution >= 0.6 is 24.8 Å². The fourth-order valence-corrected chi connectivity index (χ4v) is 6.41. The normalized spacial score (nSPS) is 10.5. The number of benzene rings is 2. The van der Waals surface area contributed by atoms with E-state index in [4.69, 9.17) is 18.9 Å². The molecular weight excluding hydrogens is 711 g/mol. The highest BCUT2D eigenvalue weighted by Gasteiger charge is 2.08. The minimum atomic E-state index is 0. The summed E-state index contributed by atoms with van der Waals surface area (Å²) >= 11 is 0. The predicted octanol–water partition coefficient (Wildman–Crippen LogP) is 16.4. The Labute approximate surface area is 347 Å². The molecule has 0 bridgehead atoms. The maximum atomic E-state index is 6.00. The van der Waals surface area contributed by atoms with Gasteiger partial charge in [0, 0.05) is 0 Å². The first kappa shape index (κ1) is 54.3. The summed E-state index contributed by atoms with van der Waals surface area (Å²) in [6, 6.07) is 8.57. The van der Waals surface area contributed by atoms with Crippen LogP contribution in [0.25, 0.3) is 0 Å². The van der Waals surface area contributed by atoms with Crippen molar-refractivity contribution in [3.05, 3.63) is 46.5 Å². The Hall–Kier alpha value is -1.78. The molecule has 2 rings (SSSR count). The van der Waals surface area contributed by atoms with Gasteiger partial charge in [0.25, 0.3) is 0 Å². The van der Waals surface area contributed by atoms with Crippen molar-refractivity contribution in [3.63, 3.8) is 0 Å². The van der Waals surface area contributed by atoms with E-state index in [0.29, 0.717) is 0 Å². The van der Waals surface area contributed by atoms with Gasteiger partial charge in [0.15, 0.2) is 0 Å². The highest BCUT2D eigenvalue weighted by atomic mass is 35.5. The molecule has 2 aromatic rings. The summed E-state index contributed by atoms with van der Waals surface area (Å²) in [5, 5.41) is 0. The van der Waals surface area contributed by atoms with Crippen LogP contribution in [0.2, 0.25) is 0 Å². The third-order valence-electron chi connectivity index (χ3n) is 9.97. The molecule has 54 heavy (non-hydrogen) atoms. The van der Waals surface area contributed by atoms with Crippen molar-refractivity contribution in [2.75, 3.05) is 26.4 Å².